The van der Waals surface area contributed by atoms with E-state index in [-0.39, 0.29) is 11.9 Å². The van der Waals surface area contributed by atoms with Gasteiger partial charge in [-0.15, -0.1) is 0 Å². The zero-order chi connectivity index (χ0) is 14.7. The summed E-state index contributed by atoms with van der Waals surface area (Å²) in [6.07, 6.45) is 0.725. The van der Waals surface area contributed by atoms with Crippen molar-refractivity contribution < 1.29 is 9.13 Å². The molecule has 0 fully saturated rings. The molecule has 0 aliphatic rings. The lowest BCUT2D eigenvalue weighted by molar-refractivity contribution is 0.468. The van der Waals surface area contributed by atoms with E-state index in [0.717, 1.165) is 27.8 Å². The Balaban J connectivity index is 2.34. The van der Waals surface area contributed by atoms with Crippen molar-refractivity contribution in [3.8, 4) is 11.5 Å². The molecule has 0 amide bonds. The average Bonchev–Trinajstić information content (AvgIpc) is 2.35. The number of benzene rings is 2. The Bertz CT molecular complexity index is 613. The van der Waals surface area contributed by atoms with Gasteiger partial charge in [0.05, 0.1) is 0 Å². The van der Waals surface area contributed by atoms with Crippen LogP contribution in [0.25, 0.3) is 0 Å². The lowest BCUT2D eigenvalue weighted by Gasteiger charge is -2.14. The maximum Gasteiger partial charge on any atom is 0.131 e. The molecule has 0 spiro atoms. The van der Waals surface area contributed by atoms with Crippen LogP contribution in [0.5, 0.6) is 11.5 Å². The van der Waals surface area contributed by atoms with Gasteiger partial charge < -0.3 is 10.5 Å². The van der Waals surface area contributed by atoms with Crippen LogP contribution in [0.2, 0.25) is 0 Å². The molecular weight excluding hydrogens is 321 g/mol. The highest BCUT2D eigenvalue weighted by Gasteiger charge is 2.10. The number of rotatable bonds is 4. The average molecular weight is 338 g/mol. The van der Waals surface area contributed by atoms with E-state index in [1.165, 1.54) is 12.1 Å². The van der Waals surface area contributed by atoms with Crippen LogP contribution in [-0.2, 0) is 6.42 Å². The third-order valence-electron chi connectivity index (χ3n) is 2.93. The predicted octanol–water partition coefficient (Wildman–Crippen LogP) is 4.58. The molecule has 0 heterocycles. The highest BCUT2D eigenvalue weighted by atomic mass is 79.9. The Morgan fingerprint density at radius 2 is 1.95 bits per heavy atom. The van der Waals surface area contributed by atoms with Gasteiger partial charge in [-0.3, -0.25) is 0 Å². The van der Waals surface area contributed by atoms with Gasteiger partial charge in [0.15, 0.2) is 0 Å². The molecule has 1 atom stereocenters. The molecule has 2 nitrogen and oxygen atoms in total. The molecule has 20 heavy (non-hydrogen) atoms. The topological polar surface area (TPSA) is 35.2 Å². The van der Waals surface area contributed by atoms with Crippen LogP contribution in [0.15, 0.2) is 40.9 Å². The fraction of sp³-hybridized carbons (Fsp3) is 0.250. The van der Waals surface area contributed by atoms with Gasteiger partial charge in [-0.05, 0) is 61.7 Å². The molecule has 0 saturated heterocycles. The van der Waals surface area contributed by atoms with Crippen LogP contribution in [0.3, 0.4) is 0 Å². The van der Waals surface area contributed by atoms with Crippen molar-refractivity contribution in [2.24, 2.45) is 5.73 Å². The Morgan fingerprint density at radius 1 is 1.20 bits per heavy atom. The van der Waals surface area contributed by atoms with Crippen molar-refractivity contribution in [2.45, 2.75) is 26.3 Å². The summed E-state index contributed by atoms with van der Waals surface area (Å²) in [5.41, 5.74) is 7.65. The Labute approximate surface area is 126 Å². The number of halogens is 2. The van der Waals surface area contributed by atoms with Crippen LogP contribution < -0.4 is 10.5 Å². The first-order valence-electron chi connectivity index (χ1n) is 6.43. The van der Waals surface area contributed by atoms with E-state index in [4.69, 9.17) is 10.5 Å². The minimum absolute atomic E-state index is 0.0489. The number of ether oxygens (including phenoxy) is 1. The molecule has 0 aromatic heterocycles. The molecule has 2 N–H and O–H groups in total. The summed E-state index contributed by atoms with van der Waals surface area (Å²) in [7, 11) is 0. The van der Waals surface area contributed by atoms with E-state index in [0.29, 0.717) is 5.75 Å². The van der Waals surface area contributed by atoms with Crippen LogP contribution >= 0.6 is 15.9 Å². The van der Waals surface area contributed by atoms with Gasteiger partial charge in [-0.1, -0.05) is 22.0 Å². The summed E-state index contributed by atoms with van der Waals surface area (Å²) < 4.78 is 20.0. The van der Waals surface area contributed by atoms with Gasteiger partial charge in [0.25, 0.3) is 0 Å². The molecule has 1 unspecified atom stereocenters. The third-order valence-corrected chi connectivity index (χ3v) is 3.42. The number of hydrogen-bond donors (Lipinski definition) is 1. The summed E-state index contributed by atoms with van der Waals surface area (Å²) in [6, 6.07) is 10.4. The van der Waals surface area contributed by atoms with E-state index in [1.807, 2.05) is 32.0 Å². The van der Waals surface area contributed by atoms with E-state index >= 15 is 0 Å². The van der Waals surface area contributed by atoms with Crippen molar-refractivity contribution in [2.75, 3.05) is 0 Å². The Morgan fingerprint density at radius 3 is 2.60 bits per heavy atom. The van der Waals surface area contributed by atoms with E-state index in [1.54, 1.807) is 6.07 Å². The smallest absolute Gasteiger partial charge is 0.131 e. The Hall–Kier alpha value is -1.39. The number of hydrogen-bond acceptors (Lipinski definition) is 2. The third kappa shape index (κ3) is 3.81. The first-order valence-corrected chi connectivity index (χ1v) is 7.23. The second kappa shape index (κ2) is 6.37. The predicted molar refractivity (Wildman–Crippen MR) is 82.7 cm³/mol. The molecular formula is C16H17BrFNO. The lowest BCUT2D eigenvalue weighted by atomic mass is 10.1. The summed E-state index contributed by atoms with van der Waals surface area (Å²) in [5.74, 6) is 1.13. The van der Waals surface area contributed by atoms with Crippen molar-refractivity contribution in [3.63, 3.8) is 0 Å². The first kappa shape index (κ1) is 15.0. The Kier molecular flexibility index (Phi) is 4.78. The van der Waals surface area contributed by atoms with Crippen molar-refractivity contribution in [3.05, 3.63) is 57.8 Å². The molecule has 2 aromatic carbocycles. The fourth-order valence-electron chi connectivity index (χ4n) is 1.98. The van der Waals surface area contributed by atoms with Gasteiger partial charge in [0, 0.05) is 10.5 Å². The highest BCUT2D eigenvalue weighted by molar-refractivity contribution is 9.10. The van der Waals surface area contributed by atoms with Crippen molar-refractivity contribution >= 4 is 15.9 Å². The molecule has 0 aliphatic heterocycles. The molecule has 4 heteroatoms. The second-order valence-electron chi connectivity index (χ2n) is 4.95. The number of aryl methyl sites for hydroxylation is 1. The van der Waals surface area contributed by atoms with Gasteiger partial charge in [0.2, 0.25) is 0 Å². The van der Waals surface area contributed by atoms with Crippen LogP contribution in [0.1, 0.15) is 18.1 Å². The summed E-state index contributed by atoms with van der Waals surface area (Å²) in [4.78, 5) is 0. The van der Waals surface area contributed by atoms with Gasteiger partial charge in [-0.25, -0.2) is 4.39 Å². The number of nitrogens with two attached hydrogens (primary N) is 1. The van der Waals surface area contributed by atoms with Crippen LogP contribution in [0.4, 0.5) is 4.39 Å². The van der Waals surface area contributed by atoms with Crippen molar-refractivity contribution in [1.82, 2.24) is 0 Å². The van der Waals surface area contributed by atoms with Crippen molar-refractivity contribution in [1.29, 1.82) is 0 Å². The zero-order valence-corrected chi connectivity index (χ0v) is 13.1. The lowest BCUT2D eigenvalue weighted by Crippen LogP contribution is -2.18. The molecule has 106 valence electrons. The van der Waals surface area contributed by atoms with E-state index in [9.17, 15) is 4.39 Å². The largest absolute Gasteiger partial charge is 0.457 e. The molecule has 0 saturated carbocycles. The summed E-state index contributed by atoms with van der Waals surface area (Å²) in [6.45, 7) is 3.77. The zero-order valence-electron chi connectivity index (χ0n) is 11.5. The van der Waals surface area contributed by atoms with Gasteiger partial charge in [-0.2, -0.15) is 0 Å². The van der Waals surface area contributed by atoms with Gasteiger partial charge in [0.1, 0.15) is 17.3 Å². The minimum atomic E-state index is -0.264. The van der Waals surface area contributed by atoms with Crippen LogP contribution in [0, 0.1) is 12.7 Å². The summed E-state index contributed by atoms with van der Waals surface area (Å²) >= 11 is 3.43. The minimum Gasteiger partial charge on any atom is -0.457 e. The maximum atomic E-state index is 13.1. The molecule has 0 bridgehead atoms. The van der Waals surface area contributed by atoms with E-state index < -0.39 is 0 Å². The maximum absolute atomic E-state index is 13.1. The first-order chi connectivity index (χ1) is 9.45. The molecule has 2 aromatic rings. The molecule has 0 aliphatic carbocycles. The fourth-order valence-corrected chi connectivity index (χ4v) is 2.32. The summed E-state index contributed by atoms with van der Waals surface area (Å²) in [5, 5.41) is 0. The van der Waals surface area contributed by atoms with Gasteiger partial charge >= 0.3 is 0 Å². The van der Waals surface area contributed by atoms with E-state index in [2.05, 4.69) is 15.9 Å². The molecule has 2 rings (SSSR count). The SMILES string of the molecule is Cc1cc(F)ccc1Oc1cc(Br)ccc1CC(C)N. The highest BCUT2D eigenvalue weighted by Crippen LogP contribution is 2.31. The normalized spacial score (nSPS) is 12.2. The molecule has 0 radical (unpaired) electrons. The second-order valence-corrected chi connectivity index (χ2v) is 5.86. The quantitative estimate of drug-likeness (QED) is 0.886. The standard InChI is InChI=1S/C16H17BrFNO/c1-10-7-14(18)5-6-15(10)20-16-9-13(17)4-3-12(16)8-11(2)19/h3-7,9,11H,8,19H2,1-2H3. The van der Waals surface area contributed by atoms with Crippen LogP contribution in [-0.4, -0.2) is 6.04 Å². The monoisotopic (exact) mass is 337 g/mol.